The number of carbonyl (C=O) groups excluding carboxylic acids is 1. The van der Waals surface area contributed by atoms with Crippen molar-refractivity contribution in [2.45, 2.75) is 11.8 Å². The van der Waals surface area contributed by atoms with Crippen molar-refractivity contribution >= 4 is 39.5 Å². The largest absolute Gasteiger partial charge is 0.338 e. The van der Waals surface area contributed by atoms with E-state index >= 15 is 0 Å². The van der Waals surface area contributed by atoms with Crippen molar-refractivity contribution in [1.82, 2.24) is 5.16 Å². The molecular weight excluding hydrogens is 316 g/mol. The fourth-order valence-electron chi connectivity index (χ4n) is 1.28. The molecule has 0 atom stereocenters. The molecule has 1 heterocycles. The van der Waals surface area contributed by atoms with E-state index in [0.29, 0.717) is 11.6 Å². The number of thioether (sulfide) groups is 1. The van der Waals surface area contributed by atoms with Gasteiger partial charge in [0.2, 0.25) is 11.8 Å². The Morgan fingerprint density at radius 3 is 2.78 bits per heavy atom. The van der Waals surface area contributed by atoms with Crippen LogP contribution in [0.3, 0.4) is 0 Å². The Balaban J connectivity index is 1.83. The number of hydrogen-bond acceptors (Lipinski definition) is 4. The zero-order chi connectivity index (χ0) is 13.0. The maximum Gasteiger partial charge on any atom is 0.237 e. The van der Waals surface area contributed by atoms with E-state index < -0.39 is 0 Å². The number of carbonyl (C=O) groups is 1. The molecule has 2 rings (SSSR count). The molecule has 0 aliphatic rings. The van der Waals surface area contributed by atoms with Gasteiger partial charge in [-0.2, -0.15) is 0 Å². The number of nitrogens with zero attached hydrogens (tertiary/aromatic N) is 1. The van der Waals surface area contributed by atoms with E-state index in [2.05, 4.69) is 26.4 Å². The van der Waals surface area contributed by atoms with Crippen LogP contribution in [0.5, 0.6) is 0 Å². The van der Waals surface area contributed by atoms with E-state index in [4.69, 9.17) is 4.52 Å². The number of hydrogen-bond donors (Lipinski definition) is 1. The van der Waals surface area contributed by atoms with Crippen LogP contribution in [0.1, 0.15) is 5.69 Å². The summed E-state index contributed by atoms with van der Waals surface area (Å²) in [6.45, 7) is 1.80. The fraction of sp³-hybridized carbons (Fsp3) is 0.167. The van der Waals surface area contributed by atoms with Gasteiger partial charge in [-0.3, -0.25) is 10.1 Å². The van der Waals surface area contributed by atoms with Crippen LogP contribution >= 0.6 is 27.7 Å². The van der Waals surface area contributed by atoms with Crippen LogP contribution < -0.4 is 5.32 Å². The van der Waals surface area contributed by atoms with Crippen LogP contribution in [0.15, 0.2) is 44.2 Å². The fourth-order valence-corrected chi connectivity index (χ4v) is 2.24. The minimum absolute atomic E-state index is 0.112. The predicted octanol–water partition coefficient (Wildman–Crippen LogP) is 3.48. The molecule has 0 saturated carbocycles. The summed E-state index contributed by atoms with van der Waals surface area (Å²) in [7, 11) is 0. The molecule has 0 fully saturated rings. The van der Waals surface area contributed by atoms with Crippen LogP contribution in [0.4, 0.5) is 5.88 Å². The molecule has 0 bridgehead atoms. The minimum Gasteiger partial charge on any atom is -0.338 e. The maximum atomic E-state index is 11.6. The molecule has 94 valence electrons. The highest BCUT2D eigenvalue weighted by molar-refractivity contribution is 9.10. The lowest BCUT2D eigenvalue weighted by atomic mass is 10.4. The number of nitrogens with one attached hydrogen (secondary N) is 1. The van der Waals surface area contributed by atoms with Crippen LogP contribution in [-0.4, -0.2) is 16.8 Å². The van der Waals surface area contributed by atoms with Crippen molar-refractivity contribution in [3.8, 4) is 0 Å². The third-order valence-electron chi connectivity index (χ3n) is 2.07. The Hall–Kier alpha value is -1.27. The number of benzene rings is 1. The molecule has 0 spiro atoms. The number of anilines is 1. The van der Waals surface area contributed by atoms with Gasteiger partial charge in [0.15, 0.2) is 0 Å². The Kier molecular flexibility index (Phi) is 4.43. The predicted molar refractivity (Wildman–Crippen MR) is 74.7 cm³/mol. The highest BCUT2D eigenvalue weighted by atomic mass is 79.9. The molecule has 18 heavy (non-hydrogen) atoms. The molecule has 1 N–H and O–H groups in total. The van der Waals surface area contributed by atoms with E-state index in [1.165, 1.54) is 11.8 Å². The lowest BCUT2D eigenvalue weighted by Crippen LogP contribution is -2.13. The van der Waals surface area contributed by atoms with Gasteiger partial charge in [-0.15, -0.1) is 11.8 Å². The molecule has 4 nitrogen and oxygen atoms in total. The van der Waals surface area contributed by atoms with Gasteiger partial charge >= 0.3 is 0 Å². The van der Waals surface area contributed by atoms with E-state index in [9.17, 15) is 4.79 Å². The first kappa shape index (κ1) is 13.2. The van der Waals surface area contributed by atoms with Gasteiger partial charge in [-0.1, -0.05) is 21.1 Å². The number of rotatable bonds is 4. The molecule has 0 aliphatic carbocycles. The summed E-state index contributed by atoms with van der Waals surface area (Å²) in [4.78, 5) is 12.7. The van der Waals surface area contributed by atoms with E-state index in [-0.39, 0.29) is 5.91 Å². The van der Waals surface area contributed by atoms with Gasteiger partial charge in [-0.05, 0) is 31.2 Å². The summed E-state index contributed by atoms with van der Waals surface area (Å²) >= 11 is 4.83. The average molecular weight is 327 g/mol. The quantitative estimate of drug-likeness (QED) is 0.874. The van der Waals surface area contributed by atoms with E-state index in [1.54, 1.807) is 13.0 Å². The van der Waals surface area contributed by atoms with E-state index in [1.807, 2.05) is 24.3 Å². The maximum absolute atomic E-state index is 11.6. The summed E-state index contributed by atoms with van der Waals surface area (Å²) in [6.07, 6.45) is 0. The summed E-state index contributed by atoms with van der Waals surface area (Å²) < 4.78 is 5.93. The van der Waals surface area contributed by atoms with Crippen molar-refractivity contribution < 1.29 is 9.32 Å². The first-order valence-corrected chi connectivity index (χ1v) is 7.03. The second kappa shape index (κ2) is 6.06. The molecule has 1 aromatic carbocycles. The van der Waals surface area contributed by atoms with Crippen LogP contribution in [0.2, 0.25) is 0 Å². The van der Waals surface area contributed by atoms with Crippen LogP contribution in [-0.2, 0) is 4.79 Å². The smallest absolute Gasteiger partial charge is 0.237 e. The van der Waals surface area contributed by atoms with Crippen LogP contribution in [0, 0.1) is 6.92 Å². The van der Waals surface area contributed by atoms with Crippen molar-refractivity contribution in [3.05, 3.63) is 40.5 Å². The van der Waals surface area contributed by atoms with Gasteiger partial charge in [0.25, 0.3) is 0 Å². The van der Waals surface area contributed by atoms with Crippen molar-refractivity contribution in [2.24, 2.45) is 0 Å². The number of aromatic nitrogens is 1. The number of aryl methyl sites for hydroxylation is 1. The molecular formula is C12H11BrN2O2S. The van der Waals surface area contributed by atoms with Crippen molar-refractivity contribution in [1.29, 1.82) is 0 Å². The molecule has 0 saturated heterocycles. The summed E-state index contributed by atoms with van der Waals surface area (Å²) in [5.74, 6) is 0.606. The summed E-state index contributed by atoms with van der Waals surface area (Å²) in [6, 6.07) is 9.49. The topological polar surface area (TPSA) is 55.1 Å². The second-order valence-corrected chi connectivity index (χ2v) is 5.59. The lowest BCUT2D eigenvalue weighted by molar-refractivity contribution is -0.113. The first-order valence-electron chi connectivity index (χ1n) is 5.25. The molecule has 0 radical (unpaired) electrons. The first-order chi connectivity index (χ1) is 8.63. The average Bonchev–Trinajstić information content (AvgIpc) is 2.74. The van der Waals surface area contributed by atoms with E-state index in [0.717, 1.165) is 15.1 Å². The summed E-state index contributed by atoms with van der Waals surface area (Å²) in [5, 5.41) is 6.34. The zero-order valence-electron chi connectivity index (χ0n) is 9.64. The molecule has 2 aromatic rings. The summed E-state index contributed by atoms with van der Waals surface area (Å²) in [5.41, 5.74) is 0.742. The Morgan fingerprint density at radius 2 is 2.17 bits per heavy atom. The van der Waals surface area contributed by atoms with Gasteiger partial charge in [0.05, 0.1) is 11.4 Å². The Labute approximate surface area is 117 Å². The molecule has 1 amide bonds. The monoisotopic (exact) mass is 326 g/mol. The third kappa shape index (κ3) is 3.89. The Morgan fingerprint density at radius 1 is 1.44 bits per heavy atom. The minimum atomic E-state index is -0.112. The number of amides is 1. The highest BCUT2D eigenvalue weighted by Gasteiger charge is 2.07. The lowest BCUT2D eigenvalue weighted by Gasteiger charge is -2.01. The Bertz CT molecular complexity index is 539. The van der Waals surface area contributed by atoms with Gasteiger partial charge in [0.1, 0.15) is 0 Å². The number of halogens is 1. The molecule has 1 aromatic heterocycles. The standard InChI is InChI=1S/C12H11BrN2O2S/c1-8-6-12(17-15-8)14-11(16)7-18-10-4-2-9(13)3-5-10/h2-6H,7H2,1H3,(H,14,16). The molecule has 6 heteroatoms. The van der Waals surface area contributed by atoms with Crippen molar-refractivity contribution in [2.75, 3.05) is 11.1 Å². The third-order valence-corrected chi connectivity index (χ3v) is 3.61. The SMILES string of the molecule is Cc1cc(NC(=O)CSc2ccc(Br)cc2)on1. The van der Waals surface area contributed by atoms with Gasteiger partial charge < -0.3 is 4.52 Å². The normalized spacial score (nSPS) is 10.3. The second-order valence-electron chi connectivity index (χ2n) is 3.62. The van der Waals surface area contributed by atoms with Crippen molar-refractivity contribution in [3.63, 3.8) is 0 Å². The van der Waals surface area contributed by atoms with Gasteiger partial charge in [0, 0.05) is 15.4 Å². The zero-order valence-corrected chi connectivity index (χ0v) is 12.0. The van der Waals surface area contributed by atoms with Gasteiger partial charge in [-0.25, -0.2) is 0 Å². The van der Waals surface area contributed by atoms with Crippen LogP contribution in [0.25, 0.3) is 0 Å². The molecule has 0 aliphatic heterocycles. The molecule has 0 unspecified atom stereocenters. The highest BCUT2D eigenvalue weighted by Crippen LogP contribution is 2.20.